The Balaban J connectivity index is 1.93. The Bertz CT molecular complexity index is 846. The normalized spacial score (nSPS) is 11.7. The maximum absolute atomic E-state index is 13.8. The maximum atomic E-state index is 13.8. The summed E-state index contributed by atoms with van der Waals surface area (Å²) in [5.41, 5.74) is 1.58. The number of hydrogen-bond donors (Lipinski definition) is 3. The molecule has 5 nitrogen and oxygen atoms in total. The lowest BCUT2D eigenvalue weighted by Crippen LogP contribution is -3.13. The Hall–Kier alpha value is -2.15. The van der Waals surface area contributed by atoms with E-state index in [1.807, 2.05) is 19.9 Å². The molecule has 0 fully saturated rings. The summed E-state index contributed by atoms with van der Waals surface area (Å²) in [5, 5.41) is 6.08. The molecule has 0 radical (unpaired) electrons. The molecule has 2 aromatic carbocycles. The SMILES string of the molecule is CC[NH+](CC(=O)Nc1cc(Cl)ccc1C)CC(=O)Nc1ccc(Cl)cc1F. The summed E-state index contributed by atoms with van der Waals surface area (Å²) in [5.74, 6) is -1.23. The highest BCUT2D eigenvalue weighted by atomic mass is 35.5. The third-order valence-electron chi connectivity index (χ3n) is 4.00. The Morgan fingerprint density at radius 3 is 2.11 bits per heavy atom. The van der Waals surface area contributed by atoms with Crippen LogP contribution in [0.3, 0.4) is 0 Å². The van der Waals surface area contributed by atoms with Crippen LogP contribution in [0.1, 0.15) is 12.5 Å². The van der Waals surface area contributed by atoms with Gasteiger partial charge < -0.3 is 15.5 Å². The van der Waals surface area contributed by atoms with E-state index in [0.29, 0.717) is 17.3 Å². The fraction of sp³-hybridized carbons (Fsp3) is 0.263. The summed E-state index contributed by atoms with van der Waals surface area (Å²) >= 11 is 11.6. The number of carbonyl (C=O) groups is 2. The van der Waals surface area contributed by atoms with Crippen LogP contribution in [-0.2, 0) is 9.59 Å². The first kappa shape index (κ1) is 21.2. The zero-order valence-corrected chi connectivity index (χ0v) is 16.5. The molecule has 2 rings (SSSR count). The number of aryl methyl sites for hydroxylation is 1. The minimum Gasteiger partial charge on any atom is -0.321 e. The van der Waals surface area contributed by atoms with Gasteiger partial charge in [0.2, 0.25) is 0 Å². The second kappa shape index (κ2) is 9.69. The topological polar surface area (TPSA) is 62.6 Å². The van der Waals surface area contributed by atoms with Crippen LogP contribution in [0.4, 0.5) is 15.8 Å². The highest BCUT2D eigenvalue weighted by Crippen LogP contribution is 2.20. The number of nitrogens with one attached hydrogen (secondary N) is 3. The highest BCUT2D eigenvalue weighted by molar-refractivity contribution is 6.31. The van der Waals surface area contributed by atoms with Gasteiger partial charge in [0.25, 0.3) is 11.8 Å². The van der Waals surface area contributed by atoms with E-state index in [-0.39, 0.29) is 35.6 Å². The van der Waals surface area contributed by atoms with Crippen molar-refractivity contribution in [3.05, 3.63) is 57.8 Å². The van der Waals surface area contributed by atoms with Crippen molar-refractivity contribution in [2.45, 2.75) is 13.8 Å². The molecule has 0 aromatic heterocycles. The zero-order valence-electron chi connectivity index (χ0n) is 15.0. The van der Waals surface area contributed by atoms with Gasteiger partial charge in [0.1, 0.15) is 5.82 Å². The summed E-state index contributed by atoms with van der Waals surface area (Å²) in [6.45, 7) is 4.41. The van der Waals surface area contributed by atoms with Crippen LogP contribution in [0, 0.1) is 12.7 Å². The molecule has 0 aliphatic rings. The maximum Gasteiger partial charge on any atom is 0.279 e. The number of rotatable bonds is 7. The van der Waals surface area contributed by atoms with E-state index in [9.17, 15) is 14.0 Å². The van der Waals surface area contributed by atoms with Gasteiger partial charge in [-0.05, 0) is 49.7 Å². The quantitative estimate of drug-likeness (QED) is 0.654. The second-order valence-electron chi connectivity index (χ2n) is 6.14. The third-order valence-corrected chi connectivity index (χ3v) is 4.47. The smallest absolute Gasteiger partial charge is 0.279 e. The number of hydrogen-bond acceptors (Lipinski definition) is 2. The first-order valence-corrected chi connectivity index (χ1v) is 9.18. The number of amides is 2. The van der Waals surface area contributed by atoms with Gasteiger partial charge in [-0.3, -0.25) is 9.59 Å². The van der Waals surface area contributed by atoms with Crippen molar-refractivity contribution in [3.8, 4) is 0 Å². The zero-order chi connectivity index (χ0) is 20.0. The summed E-state index contributed by atoms with van der Waals surface area (Å²) in [7, 11) is 0. The van der Waals surface area contributed by atoms with E-state index in [1.165, 1.54) is 12.1 Å². The molecule has 3 N–H and O–H groups in total. The van der Waals surface area contributed by atoms with Crippen molar-refractivity contribution in [1.82, 2.24) is 0 Å². The fourth-order valence-corrected chi connectivity index (χ4v) is 2.81. The first-order valence-electron chi connectivity index (χ1n) is 8.43. The summed E-state index contributed by atoms with van der Waals surface area (Å²) in [4.78, 5) is 25.2. The van der Waals surface area contributed by atoms with Crippen LogP contribution >= 0.6 is 23.2 Å². The monoisotopic (exact) mass is 412 g/mol. The Morgan fingerprint density at radius 2 is 1.52 bits per heavy atom. The van der Waals surface area contributed by atoms with Crippen LogP contribution in [0.25, 0.3) is 0 Å². The lowest BCUT2D eigenvalue weighted by atomic mass is 10.2. The molecule has 0 saturated carbocycles. The molecule has 0 aliphatic heterocycles. The van der Waals surface area contributed by atoms with Gasteiger partial charge in [-0.25, -0.2) is 4.39 Å². The molecule has 0 heterocycles. The molecule has 0 aliphatic carbocycles. The molecule has 2 aromatic rings. The molecule has 144 valence electrons. The van der Waals surface area contributed by atoms with E-state index >= 15 is 0 Å². The molecule has 1 unspecified atom stereocenters. The predicted octanol–water partition coefficient (Wildman–Crippen LogP) is 2.92. The van der Waals surface area contributed by atoms with Crippen molar-refractivity contribution in [3.63, 3.8) is 0 Å². The van der Waals surface area contributed by atoms with Crippen molar-refractivity contribution < 1.29 is 18.9 Å². The fourth-order valence-electron chi connectivity index (χ4n) is 2.48. The van der Waals surface area contributed by atoms with Crippen LogP contribution in [0.15, 0.2) is 36.4 Å². The second-order valence-corrected chi connectivity index (χ2v) is 7.01. The molecule has 27 heavy (non-hydrogen) atoms. The molecular formula is C19H21Cl2FN3O2+. The van der Waals surface area contributed by atoms with E-state index in [2.05, 4.69) is 10.6 Å². The average Bonchev–Trinajstić information content (AvgIpc) is 2.60. The standard InChI is InChI=1S/C19H20Cl2FN3O2/c1-3-25(10-18(26)23-16-7-6-13(20)8-15(16)22)11-19(27)24-17-9-14(21)5-4-12(17)2/h4-9H,3,10-11H2,1-2H3,(H,23,26)(H,24,27)/p+1. The molecule has 1 atom stereocenters. The average molecular weight is 413 g/mol. The van der Waals surface area contributed by atoms with Crippen LogP contribution in [0.5, 0.6) is 0 Å². The van der Waals surface area contributed by atoms with Gasteiger partial charge in [0, 0.05) is 15.7 Å². The molecule has 0 saturated heterocycles. The van der Waals surface area contributed by atoms with E-state index in [0.717, 1.165) is 16.5 Å². The first-order chi connectivity index (χ1) is 12.8. The van der Waals surface area contributed by atoms with Gasteiger partial charge in [-0.15, -0.1) is 0 Å². The van der Waals surface area contributed by atoms with Gasteiger partial charge in [-0.1, -0.05) is 29.3 Å². The van der Waals surface area contributed by atoms with Gasteiger partial charge in [0.15, 0.2) is 13.1 Å². The van der Waals surface area contributed by atoms with Crippen molar-refractivity contribution in [1.29, 1.82) is 0 Å². The molecule has 0 spiro atoms. The highest BCUT2D eigenvalue weighted by Gasteiger charge is 2.18. The predicted molar refractivity (Wildman–Crippen MR) is 106 cm³/mol. The number of likely N-dealkylation sites (N-methyl/N-ethyl adjacent to an activating group) is 1. The van der Waals surface area contributed by atoms with Gasteiger partial charge in [-0.2, -0.15) is 0 Å². The summed E-state index contributed by atoms with van der Waals surface area (Å²) in [6, 6.07) is 9.26. The van der Waals surface area contributed by atoms with E-state index in [4.69, 9.17) is 23.2 Å². The van der Waals surface area contributed by atoms with Crippen LogP contribution in [0.2, 0.25) is 10.0 Å². The van der Waals surface area contributed by atoms with Crippen LogP contribution < -0.4 is 15.5 Å². The Morgan fingerprint density at radius 1 is 0.963 bits per heavy atom. The van der Waals surface area contributed by atoms with E-state index in [1.54, 1.807) is 12.1 Å². The molecule has 8 heteroatoms. The Labute approximate surface area is 167 Å². The van der Waals surface area contributed by atoms with Crippen molar-refractivity contribution >= 4 is 46.4 Å². The number of halogens is 3. The minimum absolute atomic E-state index is 0.0283. The van der Waals surface area contributed by atoms with Gasteiger partial charge in [0.05, 0.1) is 12.2 Å². The summed E-state index contributed by atoms with van der Waals surface area (Å²) < 4.78 is 13.8. The molecule has 2 amide bonds. The molecule has 0 bridgehead atoms. The van der Waals surface area contributed by atoms with Gasteiger partial charge >= 0.3 is 0 Å². The third kappa shape index (κ3) is 6.50. The summed E-state index contributed by atoms with van der Waals surface area (Å²) in [6.07, 6.45) is 0. The number of benzene rings is 2. The van der Waals surface area contributed by atoms with E-state index < -0.39 is 5.82 Å². The number of carbonyl (C=O) groups excluding carboxylic acids is 2. The van der Waals surface area contributed by atoms with Crippen molar-refractivity contribution in [2.75, 3.05) is 30.3 Å². The minimum atomic E-state index is -0.608. The molecular weight excluding hydrogens is 392 g/mol. The lowest BCUT2D eigenvalue weighted by Gasteiger charge is -2.17. The van der Waals surface area contributed by atoms with Crippen LogP contribution in [-0.4, -0.2) is 31.4 Å². The largest absolute Gasteiger partial charge is 0.321 e. The Kier molecular flexibility index (Phi) is 7.59. The lowest BCUT2D eigenvalue weighted by molar-refractivity contribution is -0.881. The number of quaternary nitrogens is 1. The van der Waals surface area contributed by atoms with Crippen molar-refractivity contribution in [2.24, 2.45) is 0 Å². The number of anilines is 2.